The van der Waals surface area contributed by atoms with E-state index in [1.54, 1.807) is 0 Å². The van der Waals surface area contributed by atoms with Crippen LogP contribution in [0.3, 0.4) is 0 Å². The second-order valence-corrected chi connectivity index (χ2v) is 4.74. The molecule has 0 saturated carbocycles. The third kappa shape index (κ3) is 10.1. The molecule has 16 heteroatoms. The highest BCUT2D eigenvalue weighted by Gasteiger charge is 2.27. The molecule has 3 N–H and O–H groups in total. The lowest BCUT2D eigenvalue weighted by atomic mass is 13.0. The maximum Gasteiger partial charge on any atom is 0.417 e. The molecule has 0 atom stereocenters. The van der Waals surface area contributed by atoms with Gasteiger partial charge in [0.15, 0.2) is 0 Å². The Hall–Kier alpha value is -0.430. The van der Waals surface area contributed by atoms with Crippen LogP contribution in [-0.4, -0.2) is 44.3 Å². The minimum atomic E-state index is -5.44. The quantitative estimate of drug-likeness (QED) is 0.344. The zero-order valence-electron chi connectivity index (χ0n) is 6.69. The Bertz CT molecular complexity index is 436. The van der Waals surface area contributed by atoms with Gasteiger partial charge < -0.3 is 0 Å². The van der Waals surface area contributed by atoms with Crippen molar-refractivity contribution < 1.29 is 51.8 Å². The van der Waals surface area contributed by atoms with Gasteiger partial charge in [-0.3, -0.25) is 13.7 Å². The van der Waals surface area contributed by atoms with E-state index in [0.717, 1.165) is 0 Å². The molecule has 0 aliphatic carbocycles. The first-order valence-electron chi connectivity index (χ1n) is 2.60. The topological polar surface area (TPSA) is 194 Å². The average Bonchev–Trinajstić information content (AvgIpc) is 1.70. The highest BCUT2D eigenvalue weighted by molar-refractivity contribution is 7.82. The summed E-state index contributed by atoms with van der Waals surface area (Å²) in [7, 11) is -16.3. The maximum atomic E-state index is 9.99. The van der Waals surface area contributed by atoms with Crippen molar-refractivity contribution in [1.82, 2.24) is 5.39 Å². The van der Waals surface area contributed by atoms with E-state index < -0.39 is 36.6 Å². The van der Waals surface area contributed by atoms with Gasteiger partial charge in [0.05, 0.1) is 0 Å². The molecule has 0 aliphatic rings. The lowest BCUT2D eigenvalue weighted by molar-refractivity contribution is -0.410. The Morgan fingerprint density at radius 3 is 0.938 bits per heavy atom. The van der Waals surface area contributed by atoms with E-state index in [4.69, 9.17) is 13.7 Å². The van der Waals surface area contributed by atoms with Crippen LogP contribution in [0.2, 0.25) is 0 Å². The molecular weight excluding hydrogens is 302 g/mol. The minimum absolute atomic E-state index is 1.39. The second-order valence-electron chi connectivity index (χ2n) is 1.73. The van der Waals surface area contributed by atoms with Crippen LogP contribution in [0.4, 0.5) is 0 Å². The second kappa shape index (κ2) is 4.83. The smallest absolute Gasteiger partial charge is 0.262 e. The van der Waals surface area contributed by atoms with Gasteiger partial charge in [0.2, 0.25) is 0 Å². The van der Waals surface area contributed by atoms with E-state index in [1.165, 1.54) is 0 Å². The lowest BCUT2D eigenvalue weighted by Gasteiger charge is -2.11. The normalized spacial score (nSPS) is 14.2. The van der Waals surface area contributed by atoms with Crippen molar-refractivity contribution in [2.24, 2.45) is 0 Å². The fourth-order valence-corrected chi connectivity index (χ4v) is 1.03. The highest BCUT2D eigenvalue weighted by atomic mass is 32.3. The molecule has 0 heterocycles. The fraction of sp³-hybridized carbons (Fsp3) is 0. The van der Waals surface area contributed by atoms with Gasteiger partial charge in [0.1, 0.15) is 5.39 Å². The predicted octanol–water partition coefficient (Wildman–Crippen LogP) is -2.51. The summed E-state index contributed by atoms with van der Waals surface area (Å²) in [5.41, 5.74) is 0. The molecule has 0 radical (unpaired) electrons. The molecule has 0 rings (SSSR count). The first kappa shape index (κ1) is 15.6. The average molecular weight is 305 g/mol. The van der Waals surface area contributed by atoms with Crippen molar-refractivity contribution in [3.63, 3.8) is 0 Å². The molecular formula is H3NO12S3. The van der Waals surface area contributed by atoms with E-state index >= 15 is 0 Å². The molecule has 0 unspecified atom stereocenters. The summed E-state index contributed by atoms with van der Waals surface area (Å²) < 4.78 is 93.0. The molecule has 0 saturated heterocycles. The van der Waals surface area contributed by atoms with Gasteiger partial charge in [0.25, 0.3) is 0 Å². The Morgan fingerprint density at radius 1 is 0.625 bits per heavy atom. The van der Waals surface area contributed by atoms with E-state index in [9.17, 15) is 25.3 Å². The van der Waals surface area contributed by atoms with E-state index in [0.29, 0.717) is 0 Å². The van der Waals surface area contributed by atoms with Gasteiger partial charge in [-0.05, 0) is 0 Å². The van der Waals surface area contributed by atoms with E-state index in [1.807, 2.05) is 0 Å². The zero-order chi connectivity index (χ0) is 13.2. The van der Waals surface area contributed by atoms with Crippen LogP contribution in [0.1, 0.15) is 0 Å². The van der Waals surface area contributed by atoms with Crippen LogP contribution in [0.5, 0.6) is 0 Å². The van der Waals surface area contributed by atoms with Crippen molar-refractivity contribution in [2.75, 3.05) is 0 Å². The van der Waals surface area contributed by atoms with Crippen molar-refractivity contribution in [3.8, 4) is 0 Å². The van der Waals surface area contributed by atoms with Crippen LogP contribution < -0.4 is 0 Å². The predicted molar refractivity (Wildman–Crippen MR) is 39.7 cm³/mol. The minimum Gasteiger partial charge on any atom is -0.262 e. The molecule has 98 valence electrons. The molecule has 0 amide bonds. The van der Waals surface area contributed by atoms with Gasteiger partial charge in [-0.2, -0.15) is 25.3 Å². The third-order valence-electron chi connectivity index (χ3n) is 0.465. The summed E-state index contributed by atoms with van der Waals surface area (Å²) in [6.07, 6.45) is 0. The molecule has 0 aromatic heterocycles. The van der Waals surface area contributed by atoms with Crippen molar-refractivity contribution >= 4 is 31.2 Å². The molecule has 16 heavy (non-hydrogen) atoms. The largest absolute Gasteiger partial charge is 0.417 e. The number of rotatable bonds is 6. The van der Waals surface area contributed by atoms with Gasteiger partial charge >= 0.3 is 31.2 Å². The third-order valence-corrected chi connectivity index (χ3v) is 1.40. The Kier molecular flexibility index (Phi) is 4.70. The van der Waals surface area contributed by atoms with Crippen molar-refractivity contribution in [2.45, 2.75) is 0 Å². The number of hydrogen-bond donors (Lipinski definition) is 3. The standard InChI is InChI=1S/H3NO12S3/c2-14(3,4)11-1(12-15(5,6)7)13-16(8,9)10/h(H,2,3,4)(H,5,6,7)(H,8,9,10). The Labute approximate surface area is 88.8 Å². The Morgan fingerprint density at radius 2 is 0.812 bits per heavy atom. The van der Waals surface area contributed by atoms with Gasteiger partial charge in [-0.15, -0.1) is 0 Å². The molecule has 0 aliphatic heterocycles. The maximum absolute atomic E-state index is 9.99. The number of hydrogen-bond acceptors (Lipinski definition) is 10. The fourth-order valence-electron chi connectivity index (χ4n) is 0.268. The lowest BCUT2D eigenvalue weighted by Crippen LogP contribution is -2.32. The van der Waals surface area contributed by atoms with E-state index in [-0.39, 0.29) is 0 Å². The molecule has 0 aromatic rings. The van der Waals surface area contributed by atoms with Gasteiger partial charge in [-0.1, -0.05) is 12.9 Å². The summed E-state index contributed by atoms with van der Waals surface area (Å²) in [6, 6.07) is 0. The SMILES string of the molecule is O=S(=O)(O)ON(OS(=O)(=O)O)OS(=O)(=O)O. The van der Waals surface area contributed by atoms with Crippen LogP contribution in [0, 0.1) is 0 Å². The summed E-state index contributed by atoms with van der Waals surface area (Å²) >= 11 is 0. The molecule has 0 fully saturated rings. The molecule has 0 aromatic carbocycles. The van der Waals surface area contributed by atoms with Gasteiger partial charge in [-0.25, -0.2) is 0 Å². The summed E-state index contributed by atoms with van der Waals surface area (Å²) in [4.78, 5) is 0. The summed E-state index contributed by atoms with van der Waals surface area (Å²) in [5.74, 6) is 0. The monoisotopic (exact) mass is 305 g/mol. The zero-order valence-corrected chi connectivity index (χ0v) is 9.14. The highest BCUT2D eigenvalue weighted by Crippen LogP contribution is 2.05. The summed E-state index contributed by atoms with van der Waals surface area (Å²) in [5, 5.41) is -1.39. The van der Waals surface area contributed by atoms with Crippen molar-refractivity contribution in [1.29, 1.82) is 0 Å². The Balaban J connectivity index is 4.93. The van der Waals surface area contributed by atoms with Crippen molar-refractivity contribution in [3.05, 3.63) is 0 Å². The van der Waals surface area contributed by atoms with E-state index in [2.05, 4.69) is 12.9 Å². The van der Waals surface area contributed by atoms with Crippen LogP contribution >= 0.6 is 0 Å². The molecule has 13 nitrogen and oxygen atoms in total. The number of nitrogens with zero attached hydrogens (tertiary/aromatic N) is 1. The molecule has 0 bridgehead atoms. The van der Waals surface area contributed by atoms with Crippen LogP contribution in [-0.2, 0) is 44.0 Å². The summed E-state index contributed by atoms with van der Waals surface area (Å²) in [6.45, 7) is 0. The first-order valence-corrected chi connectivity index (χ1v) is 6.69. The molecule has 0 spiro atoms. The first-order chi connectivity index (χ1) is 6.79. The van der Waals surface area contributed by atoms with Gasteiger partial charge in [0, 0.05) is 0 Å². The van der Waals surface area contributed by atoms with Crippen LogP contribution in [0.25, 0.3) is 0 Å². The van der Waals surface area contributed by atoms with Crippen LogP contribution in [0.15, 0.2) is 0 Å².